The second kappa shape index (κ2) is 6.68. The Labute approximate surface area is 101 Å². The predicted octanol–water partition coefficient (Wildman–Crippen LogP) is 1.04. The van der Waals surface area contributed by atoms with Gasteiger partial charge in [0.15, 0.2) is 0 Å². The van der Waals surface area contributed by atoms with Gasteiger partial charge in [-0.3, -0.25) is 9.59 Å². The minimum Gasteiger partial charge on any atom is -0.348 e. The summed E-state index contributed by atoms with van der Waals surface area (Å²) in [6.45, 7) is 4.70. The Bertz CT molecular complexity index is 376. The summed E-state index contributed by atoms with van der Waals surface area (Å²) >= 11 is 0. The zero-order valence-corrected chi connectivity index (χ0v) is 10.2. The van der Waals surface area contributed by atoms with E-state index in [1.54, 1.807) is 6.92 Å². The van der Waals surface area contributed by atoms with Gasteiger partial charge >= 0.3 is 11.8 Å². The summed E-state index contributed by atoms with van der Waals surface area (Å²) in [5, 5.41) is 5.07. The summed E-state index contributed by atoms with van der Waals surface area (Å²) in [4.78, 5) is 22.5. The van der Waals surface area contributed by atoms with Crippen LogP contribution in [-0.2, 0) is 9.59 Å². The van der Waals surface area contributed by atoms with Crippen LogP contribution in [0.3, 0.4) is 0 Å². The highest BCUT2D eigenvalue weighted by atomic mass is 16.2. The van der Waals surface area contributed by atoms with Crippen LogP contribution in [0.4, 0.5) is 0 Å². The molecule has 0 aliphatic rings. The molecule has 0 saturated carbocycles. The number of nitrogens with one attached hydrogen (secondary N) is 2. The van der Waals surface area contributed by atoms with Crippen LogP contribution in [0, 0.1) is 0 Å². The third kappa shape index (κ3) is 4.26. The van der Waals surface area contributed by atoms with E-state index in [9.17, 15) is 9.59 Å². The van der Waals surface area contributed by atoms with Crippen molar-refractivity contribution in [3.8, 4) is 0 Å². The molecular formula is C13H18N2O2. The van der Waals surface area contributed by atoms with Crippen molar-refractivity contribution in [2.75, 3.05) is 13.1 Å². The van der Waals surface area contributed by atoms with E-state index >= 15 is 0 Å². The highest BCUT2D eigenvalue weighted by Crippen LogP contribution is 2.12. The quantitative estimate of drug-likeness (QED) is 0.765. The van der Waals surface area contributed by atoms with Crippen molar-refractivity contribution in [3.05, 3.63) is 35.9 Å². The van der Waals surface area contributed by atoms with E-state index < -0.39 is 11.8 Å². The second-order valence-corrected chi connectivity index (χ2v) is 3.88. The molecule has 0 bridgehead atoms. The van der Waals surface area contributed by atoms with Crippen molar-refractivity contribution in [2.45, 2.75) is 19.8 Å². The van der Waals surface area contributed by atoms with Crippen molar-refractivity contribution in [1.82, 2.24) is 10.6 Å². The number of hydrogen-bond acceptors (Lipinski definition) is 2. The lowest BCUT2D eigenvalue weighted by molar-refractivity contribution is -0.139. The molecule has 0 radical (unpaired) electrons. The van der Waals surface area contributed by atoms with E-state index in [0.29, 0.717) is 13.1 Å². The van der Waals surface area contributed by atoms with Crippen LogP contribution in [0.25, 0.3) is 0 Å². The standard InChI is InChI=1S/C13H18N2O2/c1-3-14-12(16)13(17)15-9-10(2)11-7-5-4-6-8-11/h4-8,10H,3,9H2,1-2H3,(H,14,16)(H,15,17)/t10-/m0/s1. The van der Waals surface area contributed by atoms with Gasteiger partial charge in [0.2, 0.25) is 0 Å². The molecule has 1 rings (SSSR count). The van der Waals surface area contributed by atoms with Gasteiger partial charge in [0.25, 0.3) is 0 Å². The molecule has 2 amide bonds. The van der Waals surface area contributed by atoms with E-state index in [0.717, 1.165) is 5.56 Å². The van der Waals surface area contributed by atoms with Crippen molar-refractivity contribution in [3.63, 3.8) is 0 Å². The van der Waals surface area contributed by atoms with Crippen molar-refractivity contribution >= 4 is 11.8 Å². The van der Waals surface area contributed by atoms with Gasteiger partial charge in [-0.05, 0) is 18.4 Å². The maximum atomic E-state index is 11.3. The van der Waals surface area contributed by atoms with Crippen LogP contribution in [-0.4, -0.2) is 24.9 Å². The molecule has 0 aliphatic heterocycles. The Morgan fingerprint density at radius 1 is 1.12 bits per heavy atom. The molecule has 0 aliphatic carbocycles. The fraction of sp³-hybridized carbons (Fsp3) is 0.385. The van der Waals surface area contributed by atoms with Crippen LogP contribution in [0.15, 0.2) is 30.3 Å². The molecular weight excluding hydrogens is 216 g/mol. The number of carbonyl (C=O) groups is 2. The molecule has 0 saturated heterocycles. The van der Waals surface area contributed by atoms with E-state index in [4.69, 9.17) is 0 Å². The second-order valence-electron chi connectivity index (χ2n) is 3.88. The Balaban J connectivity index is 2.41. The van der Waals surface area contributed by atoms with Gasteiger partial charge in [0.05, 0.1) is 0 Å². The number of hydrogen-bond donors (Lipinski definition) is 2. The number of likely N-dealkylation sites (N-methyl/N-ethyl adjacent to an activating group) is 1. The van der Waals surface area contributed by atoms with Crippen LogP contribution in [0.1, 0.15) is 25.3 Å². The Morgan fingerprint density at radius 3 is 2.29 bits per heavy atom. The lowest BCUT2D eigenvalue weighted by Crippen LogP contribution is -2.41. The Hall–Kier alpha value is -1.84. The first-order valence-electron chi connectivity index (χ1n) is 5.76. The summed E-state index contributed by atoms with van der Waals surface area (Å²) in [5.41, 5.74) is 1.14. The van der Waals surface area contributed by atoms with Crippen LogP contribution >= 0.6 is 0 Å². The average molecular weight is 234 g/mol. The molecule has 4 heteroatoms. The number of amides is 2. The van der Waals surface area contributed by atoms with Crippen LogP contribution in [0.5, 0.6) is 0 Å². The monoisotopic (exact) mass is 234 g/mol. The number of benzene rings is 1. The molecule has 0 aromatic heterocycles. The first kappa shape index (κ1) is 13.2. The van der Waals surface area contributed by atoms with E-state index in [1.165, 1.54) is 0 Å². The first-order valence-corrected chi connectivity index (χ1v) is 5.76. The molecule has 1 aromatic carbocycles. The van der Waals surface area contributed by atoms with E-state index in [1.807, 2.05) is 37.3 Å². The molecule has 0 spiro atoms. The Kier molecular flexibility index (Phi) is 5.20. The average Bonchev–Trinajstić information content (AvgIpc) is 2.36. The SMILES string of the molecule is CCNC(=O)C(=O)NC[C@H](C)c1ccccc1. The predicted molar refractivity (Wildman–Crippen MR) is 66.6 cm³/mol. The van der Waals surface area contributed by atoms with Gasteiger partial charge in [-0.15, -0.1) is 0 Å². The van der Waals surface area contributed by atoms with E-state index in [2.05, 4.69) is 10.6 Å². The van der Waals surface area contributed by atoms with Gasteiger partial charge in [-0.25, -0.2) is 0 Å². The first-order chi connectivity index (χ1) is 8.15. The third-order valence-electron chi connectivity index (χ3n) is 2.48. The Morgan fingerprint density at radius 2 is 1.71 bits per heavy atom. The van der Waals surface area contributed by atoms with Gasteiger partial charge in [0, 0.05) is 13.1 Å². The summed E-state index contributed by atoms with van der Waals surface area (Å²) in [7, 11) is 0. The fourth-order valence-corrected chi connectivity index (χ4v) is 1.47. The van der Waals surface area contributed by atoms with Crippen LogP contribution < -0.4 is 10.6 Å². The molecule has 0 unspecified atom stereocenters. The summed E-state index contributed by atoms with van der Waals surface area (Å²) < 4.78 is 0. The smallest absolute Gasteiger partial charge is 0.309 e. The molecule has 17 heavy (non-hydrogen) atoms. The lowest BCUT2D eigenvalue weighted by atomic mass is 10.0. The van der Waals surface area contributed by atoms with Crippen molar-refractivity contribution in [2.24, 2.45) is 0 Å². The van der Waals surface area contributed by atoms with Crippen molar-refractivity contribution in [1.29, 1.82) is 0 Å². The lowest BCUT2D eigenvalue weighted by Gasteiger charge is -2.12. The molecule has 1 atom stereocenters. The third-order valence-corrected chi connectivity index (χ3v) is 2.48. The molecule has 0 fully saturated rings. The summed E-state index contributed by atoms with van der Waals surface area (Å²) in [6, 6.07) is 9.87. The molecule has 0 heterocycles. The minimum absolute atomic E-state index is 0.189. The van der Waals surface area contributed by atoms with Crippen LogP contribution in [0.2, 0.25) is 0 Å². The summed E-state index contributed by atoms with van der Waals surface area (Å²) in [6.07, 6.45) is 0. The molecule has 4 nitrogen and oxygen atoms in total. The highest BCUT2D eigenvalue weighted by Gasteiger charge is 2.13. The molecule has 1 aromatic rings. The van der Waals surface area contributed by atoms with E-state index in [-0.39, 0.29) is 5.92 Å². The zero-order chi connectivity index (χ0) is 12.7. The van der Waals surface area contributed by atoms with Gasteiger partial charge in [-0.2, -0.15) is 0 Å². The number of carbonyl (C=O) groups excluding carboxylic acids is 2. The highest BCUT2D eigenvalue weighted by molar-refractivity contribution is 6.35. The maximum absolute atomic E-state index is 11.3. The fourth-order valence-electron chi connectivity index (χ4n) is 1.47. The maximum Gasteiger partial charge on any atom is 0.309 e. The number of rotatable bonds is 4. The van der Waals surface area contributed by atoms with Gasteiger partial charge in [-0.1, -0.05) is 37.3 Å². The van der Waals surface area contributed by atoms with Gasteiger partial charge in [0.1, 0.15) is 0 Å². The topological polar surface area (TPSA) is 58.2 Å². The normalized spacial score (nSPS) is 11.6. The summed E-state index contributed by atoms with van der Waals surface area (Å²) in [5.74, 6) is -0.961. The van der Waals surface area contributed by atoms with Gasteiger partial charge < -0.3 is 10.6 Å². The van der Waals surface area contributed by atoms with Crippen molar-refractivity contribution < 1.29 is 9.59 Å². The zero-order valence-electron chi connectivity index (χ0n) is 10.2. The molecule has 92 valence electrons. The minimum atomic E-state index is -0.576. The molecule has 2 N–H and O–H groups in total. The largest absolute Gasteiger partial charge is 0.348 e.